The molecule has 0 aromatic carbocycles. The number of hydrogen-bond acceptors (Lipinski definition) is 5. The van der Waals surface area contributed by atoms with Gasteiger partial charge in [-0.2, -0.15) is 5.10 Å². The molecule has 0 spiro atoms. The van der Waals surface area contributed by atoms with Crippen LogP contribution in [0.3, 0.4) is 0 Å². The quantitative estimate of drug-likeness (QED) is 0.881. The van der Waals surface area contributed by atoms with Crippen LogP contribution >= 0.6 is 11.6 Å². The van der Waals surface area contributed by atoms with Gasteiger partial charge in [-0.1, -0.05) is 11.6 Å². The van der Waals surface area contributed by atoms with Crippen LogP contribution in [0.25, 0.3) is 0 Å². The molecule has 1 saturated heterocycles. The van der Waals surface area contributed by atoms with Gasteiger partial charge in [-0.15, -0.1) is 0 Å². The first-order valence-corrected chi connectivity index (χ1v) is 7.19. The molecule has 1 aliphatic heterocycles. The monoisotopic (exact) mass is 300 g/mol. The van der Waals surface area contributed by atoms with Crippen molar-refractivity contribution in [3.63, 3.8) is 0 Å². The zero-order chi connectivity index (χ0) is 14.5. The summed E-state index contributed by atoms with van der Waals surface area (Å²) >= 11 is 6.14. The Bertz CT molecular complexity index is 506. The third-order valence-corrected chi connectivity index (χ3v) is 3.84. The molecule has 1 aliphatic rings. The number of nitrogens with one attached hydrogen (secondary N) is 1. The molecule has 7 heteroatoms. The fourth-order valence-electron chi connectivity index (χ4n) is 2.41. The first-order valence-electron chi connectivity index (χ1n) is 6.81. The lowest BCUT2D eigenvalue weighted by Crippen LogP contribution is -2.40. The molecule has 6 nitrogen and oxygen atoms in total. The van der Waals surface area contributed by atoms with Crippen molar-refractivity contribution >= 4 is 17.3 Å². The van der Waals surface area contributed by atoms with Crippen molar-refractivity contribution in [2.24, 2.45) is 0 Å². The number of rotatable bonds is 5. The average molecular weight is 301 g/mol. The minimum atomic E-state index is -0.280. The second-order valence-electron chi connectivity index (χ2n) is 5.14. The van der Waals surface area contributed by atoms with Gasteiger partial charge in [0.15, 0.2) is 0 Å². The van der Waals surface area contributed by atoms with Gasteiger partial charge in [-0.3, -0.25) is 4.79 Å². The summed E-state index contributed by atoms with van der Waals surface area (Å²) in [7, 11) is 3.68. The van der Waals surface area contributed by atoms with Crippen molar-refractivity contribution in [3.05, 3.63) is 21.6 Å². The van der Waals surface area contributed by atoms with Gasteiger partial charge in [0, 0.05) is 19.7 Å². The fraction of sp³-hybridized carbons (Fsp3) is 0.692. The average Bonchev–Trinajstić information content (AvgIpc) is 2.43. The summed E-state index contributed by atoms with van der Waals surface area (Å²) < 4.78 is 6.26. The highest BCUT2D eigenvalue weighted by atomic mass is 35.5. The van der Waals surface area contributed by atoms with E-state index in [4.69, 9.17) is 16.3 Å². The van der Waals surface area contributed by atoms with E-state index in [9.17, 15) is 4.79 Å². The Balaban J connectivity index is 2.09. The summed E-state index contributed by atoms with van der Waals surface area (Å²) in [6.07, 6.45) is 3.84. The maximum Gasteiger partial charge on any atom is 0.287 e. The molecule has 1 atom stereocenters. The Labute approximate surface area is 123 Å². The van der Waals surface area contributed by atoms with Gasteiger partial charge in [-0.05, 0) is 26.4 Å². The van der Waals surface area contributed by atoms with Crippen LogP contribution in [0.1, 0.15) is 12.8 Å². The molecule has 1 aromatic rings. The fourth-order valence-corrected chi connectivity index (χ4v) is 2.61. The Morgan fingerprint density at radius 1 is 1.60 bits per heavy atom. The van der Waals surface area contributed by atoms with Crippen molar-refractivity contribution in [2.45, 2.75) is 25.4 Å². The molecule has 0 aliphatic carbocycles. The summed E-state index contributed by atoms with van der Waals surface area (Å²) in [4.78, 5) is 14.3. The van der Waals surface area contributed by atoms with Crippen molar-refractivity contribution in [1.82, 2.24) is 14.7 Å². The number of piperidine rings is 1. The summed E-state index contributed by atoms with van der Waals surface area (Å²) in [5.74, 6) is 0. The molecule has 0 bridgehead atoms. The maximum atomic E-state index is 12.1. The molecule has 0 radical (unpaired) electrons. The van der Waals surface area contributed by atoms with Crippen LogP contribution in [-0.4, -0.2) is 54.6 Å². The SMILES string of the molecule is COCCn1ncc(NC2CCCN(C)C2)c(Cl)c1=O. The summed E-state index contributed by atoms with van der Waals surface area (Å²) in [6.45, 7) is 2.90. The van der Waals surface area contributed by atoms with E-state index in [1.165, 1.54) is 4.68 Å². The Morgan fingerprint density at radius 2 is 2.40 bits per heavy atom. The molecule has 2 heterocycles. The molecular formula is C13H21ClN4O2. The van der Waals surface area contributed by atoms with Crippen LogP contribution in [0.2, 0.25) is 5.02 Å². The smallest absolute Gasteiger partial charge is 0.287 e. The predicted molar refractivity (Wildman–Crippen MR) is 79.5 cm³/mol. The highest BCUT2D eigenvalue weighted by molar-refractivity contribution is 6.32. The first-order chi connectivity index (χ1) is 9.61. The van der Waals surface area contributed by atoms with E-state index in [2.05, 4.69) is 22.4 Å². The van der Waals surface area contributed by atoms with Gasteiger partial charge >= 0.3 is 0 Å². The molecule has 1 aromatic heterocycles. The number of halogens is 1. The molecular weight excluding hydrogens is 280 g/mol. The number of likely N-dealkylation sites (tertiary alicyclic amines) is 1. The predicted octanol–water partition coefficient (Wildman–Crippen LogP) is 1.05. The van der Waals surface area contributed by atoms with Crippen LogP contribution in [-0.2, 0) is 11.3 Å². The van der Waals surface area contributed by atoms with Crippen molar-refractivity contribution < 1.29 is 4.74 Å². The van der Waals surface area contributed by atoms with Gasteiger partial charge in [0.25, 0.3) is 5.56 Å². The third-order valence-electron chi connectivity index (χ3n) is 3.48. The van der Waals surface area contributed by atoms with Gasteiger partial charge in [0.1, 0.15) is 5.02 Å². The summed E-state index contributed by atoms with van der Waals surface area (Å²) in [6, 6.07) is 0.308. The van der Waals surface area contributed by atoms with Crippen LogP contribution in [0.15, 0.2) is 11.0 Å². The lowest BCUT2D eigenvalue weighted by Gasteiger charge is -2.30. The van der Waals surface area contributed by atoms with E-state index in [0.717, 1.165) is 25.9 Å². The number of nitrogens with zero attached hydrogens (tertiary/aromatic N) is 3. The van der Waals surface area contributed by atoms with E-state index in [1.54, 1.807) is 13.3 Å². The summed E-state index contributed by atoms with van der Waals surface area (Å²) in [5.41, 5.74) is 0.337. The molecule has 1 unspecified atom stereocenters. The van der Waals surface area contributed by atoms with E-state index in [-0.39, 0.29) is 10.6 Å². The van der Waals surface area contributed by atoms with Crippen molar-refractivity contribution in [1.29, 1.82) is 0 Å². The molecule has 0 saturated carbocycles. The van der Waals surface area contributed by atoms with E-state index in [0.29, 0.717) is 24.9 Å². The number of aromatic nitrogens is 2. The first kappa shape index (κ1) is 15.3. The van der Waals surface area contributed by atoms with E-state index >= 15 is 0 Å². The zero-order valence-electron chi connectivity index (χ0n) is 11.9. The molecule has 1 N–H and O–H groups in total. The van der Waals surface area contributed by atoms with Gasteiger partial charge in [0.05, 0.1) is 25.0 Å². The highest BCUT2D eigenvalue weighted by Gasteiger charge is 2.19. The summed E-state index contributed by atoms with van der Waals surface area (Å²) in [5, 5.41) is 7.65. The minimum absolute atomic E-state index is 0.198. The van der Waals surface area contributed by atoms with Crippen LogP contribution in [0.5, 0.6) is 0 Å². The van der Waals surface area contributed by atoms with Crippen LogP contribution in [0.4, 0.5) is 5.69 Å². The molecule has 112 valence electrons. The second-order valence-corrected chi connectivity index (χ2v) is 5.52. The van der Waals surface area contributed by atoms with Crippen LogP contribution < -0.4 is 10.9 Å². The van der Waals surface area contributed by atoms with Crippen molar-refractivity contribution in [3.8, 4) is 0 Å². The standard InChI is InChI=1S/C13H21ClN4O2/c1-17-5-3-4-10(9-17)16-11-8-15-18(6-7-20-2)13(19)12(11)14/h8,10,16H,3-7,9H2,1-2H3. The number of anilines is 1. The lowest BCUT2D eigenvalue weighted by molar-refractivity contribution is 0.182. The van der Waals surface area contributed by atoms with Crippen molar-refractivity contribution in [2.75, 3.05) is 39.2 Å². The number of likely N-dealkylation sites (N-methyl/N-ethyl adjacent to an activating group) is 1. The largest absolute Gasteiger partial charge is 0.383 e. The van der Waals surface area contributed by atoms with Gasteiger partial charge in [0.2, 0.25) is 0 Å². The third kappa shape index (κ3) is 3.71. The number of hydrogen-bond donors (Lipinski definition) is 1. The van der Waals surface area contributed by atoms with Gasteiger partial charge in [-0.25, -0.2) is 4.68 Å². The molecule has 1 fully saturated rings. The second kappa shape index (κ2) is 7.06. The number of ether oxygens (including phenoxy) is 1. The maximum absolute atomic E-state index is 12.1. The van der Waals surface area contributed by atoms with Crippen LogP contribution in [0, 0.1) is 0 Å². The Hall–Kier alpha value is -1.11. The highest BCUT2D eigenvalue weighted by Crippen LogP contribution is 2.19. The Morgan fingerprint density at radius 3 is 3.10 bits per heavy atom. The van der Waals surface area contributed by atoms with E-state index in [1.807, 2.05) is 0 Å². The molecule has 2 rings (SSSR count). The molecule has 20 heavy (non-hydrogen) atoms. The minimum Gasteiger partial charge on any atom is -0.383 e. The normalized spacial score (nSPS) is 20.1. The topological polar surface area (TPSA) is 59.4 Å². The van der Waals surface area contributed by atoms with Gasteiger partial charge < -0.3 is 15.0 Å². The molecule has 0 amide bonds. The lowest BCUT2D eigenvalue weighted by atomic mass is 10.1. The zero-order valence-corrected chi connectivity index (χ0v) is 12.7. The van der Waals surface area contributed by atoms with E-state index < -0.39 is 0 Å². The number of methoxy groups -OCH3 is 1. The Kier molecular flexibility index (Phi) is 5.39.